The first-order chi connectivity index (χ1) is 9.97. The Labute approximate surface area is 128 Å². The fourth-order valence-corrected chi connectivity index (χ4v) is 4.40. The Kier molecular flexibility index (Phi) is 5.54. The topological polar surface area (TPSA) is 99.6 Å². The Bertz CT molecular complexity index is 579. The molecule has 0 aromatic carbocycles. The number of hydrogen-bond acceptors (Lipinski definition) is 5. The molecule has 1 aromatic heterocycles. The zero-order valence-corrected chi connectivity index (χ0v) is 13.3. The molecule has 2 N–H and O–H groups in total. The number of carbonyl (C=O) groups is 1. The van der Waals surface area contributed by atoms with Crippen LogP contribution in [0.4, 0.5) is 5.13 Å². The maximum atomic E-state index is 12.2. The van der Waals surface area contributed by atoms with Crippen LogP contribution in [0.2, 0.25) is 0 Å². The largest absolute Gasteiger partial charge is 0.481 e. The van der Waals surface area contributed by atoms with E-state index in [1.807, 2.05) is 0 Å². The van der Waals surface area contributed by atoms with Crippen molar-refractivity contribution in [1.29, 1.82) is 0 Å². The van der Waals surface area contributed by atoms with Crippen molar-refractivity contribution in [2.45, 2.75) is 38.5 Å². The standard InChI is InChI=1S/C12H19N3O4S2/c16-11(17)6-4-5-10-9-20-12(13-10)14-21(18,19)15-7-2-1-3-8-15/h9H,1-8H2,(H,13,14)(H,16,17). The van der Waals surface area contributed by atoms with Crippen LogP contribution in [0, 0.1) is 0 Å². The van der Waals surface area contributed by atoms with Gasteiger partial charge in [0.05, 0.1) is 5.69 Å². The van der Waals surface area contributed by atoms with E-state index in [0.717, 1.165) is 25.0 Å². The minimum absolute atomic E-state index is 0.0896. The number of anilines is 1. The number of aryl methyl sites for hydroxylation is 1. The van der Waals surface area contributed by atoms with Crippen LogP contribution < -0.4 is 4.72 Å². The third-order valence-electron chi connectivity index (χ3n) is 3.25. The van der Waals surface area contributed by atoms with Crippen LogP contribution in [0.1, 0.15) is 37.8 Å². The third kappa shape index (κ3) is 4.94. The molecule has 0 bridgehead atoms. The number of thiazole rings is 1. The minimum atomic E-state index is -3.52. The molecule has 0 atom stereocenters. The van der Waals surface area contributed by atoms with Gasteiger partial charge in [-0.3, -0.25) is 4.79 Å². The van der Waals surface area contributed by atoms with Gasteiger partial charge in [-0.15, -0.1) is 11.3 Å². The summed E-state index contributed by atoms with van der Waals surface area (Å²) < 4.78 is 28.3. The summed E-state index contributed by atoms with van der Waals surface area (Å²) in [6.07, 6.45) is 3.97. The molecule has 1 aliphatic heterocycles. The van der Waals surface area contributed by atoms with Gasteiger partial charge in [-0.2, -0.15) is 12.7 Å². The summed E-state index contributed by atoms with van der Waals surface area (Å²) in [6.45, 7) is 1.10. The molecule has 7 nitrogen and oxygen atoms in total. The average molecular weight is 333 g/mol. The first-order valence-corrected chi connectivity index (χ1v) is 9.23. The zero-order chi connectivity index (χ0) is 15.3. The maximum absolute atomic E-state index is 12.2. The van der Waals surface area contributed by atoms with Gasteiger partial charge in [-0.25, -0.2) is 9.71 Å². The van der Waals surface area contributed by atoms with E-state index in [9.17, 15) is 13.2 Å². The van der Waals surface area contributed by atoms with Crippen LogP contribution in [-0.4, -0.2) is 41.9 Å². The summed E-state index contributed by atoms with van der Waals surface area (Å²) in [7, 11) is -3.52. The number of carboxylic acid groups (broad SMARTS) is 1. The van der Waals surface area contributed by atoms with E-state index in [0.29, 0.717) is 31.1 Å². The van der Waals surface area contributed by atoms with E-state index in [1.54, 1.807) is 5.38 Å². The molecule has 9 heteroatoms. The van der Waals surface area contributed by atoms with Gasteiger partial charge >= 0.3 is 16.2 Å². The van der Waals surface area contributed by atoms with Crippen molar-refractivity contribution in [1.82, 2.24) is 9.29 Å². The molecule has 1 saturated heterocycles. The molecule has 1 aromatic rings. The average Bonchev–Trinajstić information content (AvgIpc) is 2.86. The highest BCUT2D eigenvalue weighted by atomic mass is 32.2. The smallest absolute Gasteiger partial charge is 0.303 e. The lowest BCUT2D eigenvalue weighted by atomic mass is 10.2. The van der Waals surface area contributed by atoms with Crippen molar-refractivity contribution in [3.05, 3.63) is 11.1 Å². The molecular weight excluding hydrogens is 314 g/mol. The van der Waals surface area contributed by atoms with Crippen molar-refractivity contribution >= 4 is 32.6 Å². The minimum Gasteiger partial charge on any atom is -0.481 e. The molecule has 1 aliphatic rings. The Balaban J connectivity index is 1.90. The number of carboxylic acids is 1. The number of rotatable bonds is 7. The van der Waals surface area contributed by atoms with Gasteiger partial charge in [0, 0.05) is 24.9 Å². The number of aromatic nitrogens is 1. The molecule has 0 spiro atoms. The molecule has 0 saturated carbocycles. The van der Waals surface area contributed by atoms with Crippen molar-refractivity contribution < 1.29 is 18.3 Å². The summed E-state index contributed by atoms with van der Waals surface area (Å²) in [4.78, 5) is 14.6. The van der Waals surface area contributed by atoms with E-state index >= 15 is 0 Å². The lowest BCUT2D eigenvalue weighted by Gasteiger charge is -2.25. The summed E-state index contributed by atoms with van der Waals surface area (Å²) in [5.41, 5.74) is 0.720. The lowest BCUT2D eigenvalue weighted by Crippen LogP contribution is -2.39. The Morgan fingerprint density at radius 2 is 2.10 bits per heavy atom. The second kappa shape index (κ2) is 7.19. The predicted octanol–water partition coefficient (Wildman–Crippen LogP) is 1.69. The highest BCUT2D eigenvalue weighted by Gasteiger charge is 2.24. The van der Waals surface area contributed by atoms with Crippen molar-refractivity contribution in [2.24, 2.45) is 0 Å². The highest BCUT2D eigenvalue weighted by molar-refractivity contribution is 7.90. The first kappa shape index (κ1) is 16.2. The molecule has 0 unspecified atom stereocenters. The summed E-state index contributed by atoms with van der Waals surface area (Å²) in [6, 6.07) is 0. The zero-order valence-electron chi connectivity index (χ0n) is 11.6. The van der Waals surface area contributed by atoms with Crippen LogP contribution >= 0.6 is 11.3 Å². The number of nitrogens with zero attached hydrogens (tertiary/aromatic N) is 2. The number of nitrogens with one attached hydrogen (secondary N) is 1. The lowest BCUT2D eigenvalue weighted by molar-refractivity contribution is -0.137. The van der Waals surface area contributed by atoms with E-state index in [1.165, 1.54) is 15.6 Å². The quantitative estimate of drug-likeness (QED) is 0.791. The molecule has 21 heavy (non-hydrogen) atoms. The monoisotopic (exact) mass is 333 g/mol. The van der Waals surface area contributed by atoms with Crippen molar-refractivity contribution in [3.63, 3.8) is 0 Å². The van der Waals surface area contributed by atoms with E-state index in [-0.39, 0.29) is 6.42 Å². The normalized spacial score (nSPS) is 16.8. The van der Waals surface area contributed by atoms with Crippen LogP contribution in [-0.2, 0) is 21.4 Å². The van der Waals surface area contributed by atoms with E-state index in [2.05, 4.69) is 9.71 Å². The van der Waals surface area contributed by atoms with Gasteiger partial charge < -0.3 is 5.11 Å². The number of hydrogen-bond donors (Lipinski definition) is 2. The molecule has 0 radical (unpaired) electrons. The Morgan fingerprint density at radius 3 is 2.76 bits per heavy atom. The van der Waals surface area contributed by atoms with Gasteiger partial charge in [-0.1, -0.05) is 6.42 Å². The highest BCUT2D eigenvalue weighted by Crippen LogP contribution is 2.21. The van der Waals surface area contributed by atoms with E-state index in [4.69, 9.17) is 5.11 Å². The molecule has 2 rings (SSSR count). The molecule has 2 heterocycles. The van der Waals surface area contributed by atoms with Crippen LogP contribution in [0.25, 0.3) is 0 Å². The van der Waals surface area contributed by atoms with Gasteiger partial charge in [0.15, 0.2) is 5.13 Å². The first-order valence-electron chi connectivity index (χ1n) is 6.91. The van der Waals surface area contributed by atoms with Crippen LogP contribution in [0.15, 0.2) is 5.38 Å². The third-order valence-corrected chi connectivity index (χ3v) is 5.68. The van der Waals surface area contributed by atoms with Gasteiger partial charge in [0.25, 0.3) is 0 Å². The van der Waals surface area contributed by atoms with Gasteiger partial charge in [0.2, 0.25) is 0 Å². The van der Waals surface area contributed by atoms with Crippen molar-refractivity contribution in [3.8, 4) is 0 Å². The second-order valence-corrected chi connectivity index (χ2v) is 7.49. The van der Waals surface area contributed by atoms with E-state index < -0.39 is 16.2 Å². The summed E-state index contributed by atoms with van der Waals surface area (Å²) in [5, 5.41) is 10.7. The number of piperidine rings is 1. The summed E-state index contributed by atoms with van der Waals surface area (Å²) >= 11 is 1.22. The fourth-order valence-electron chi connectivity index (χ4n) is 2.17. The molecule has 118 valence electrons. The molecule has 0 amide bonds. The number of aliphatic carboxylic acids is 1. The maximum Gasteiger partial charge on any atom is 0.303 e. The summed E-state index contributed by atoms with van der Waals surface area (Å²) in [5.74, 6) is -0.837. The SMILES string of the molecule is O=C(O)CCCc1csc(NS(=O)(=O)N2CCCCC2)n1. The molecular formula is C12H19N3O4S2. The molecule has 0 aliphatic carbocycles. The van der Waals surface area contributed by atoms with Crippen molar-refractivity contribution in [2.75, 3.05) is 17.8 Å². The Hall–Kier alpha value is -1.19. The van der Waals surface area contributed by atoms with Crippen LogP contribution in [0.3, 0.4) is 0 Å². The van der Waals surface area contributed by atoms with Gasteiger partial charge in [-0.05, 0) is 25.7 Å². The fraction of sp³-hybridized carbons (Fsp3) is 0.667. The molecule has 1 fully saturated rings. The predicted molar refractivity (Wildman–Crippen MR) is 80.7 cm³/mol. The van der Waals surface area contributed by atoms with Gasteiger partial charge in [0.1, 0.15) is 0 Å². The second-order valence-electron chi connectivity index (χ2n) is 4.96. The Morgan fingerprint density at radius 1 is 1.38 bits per heavy atom. The van der Waals surface area contributed by atoms with Crippen LogP contribution in [0.5, 0.6) is 0 Å².